The summed E-state index contributed by atoms with van der Waals surface area (Å²) in [6.45, 7) is 2.45. The second kappa shape index (κ2) is 4.43. The fourth-order valence-corrected chi connectivity index (χ4v) is 3.85. The predicted octanol–water partition coefficient (Wildman–Crippen LogP) is 1.45. The van der Waals surface area contributed by atoms with Crippen LogP contribution in [0.5, 0.6) is 0 Å². The average molecular weight is 299 g/mol. The lowest BCUT2D eigenvalue weighted by molar-refractivity contribution is -0.149. The molecule has 0 unspecified atom stereocenters. The van der Waals surface area contributed by atoms with Gasteiger partial charge in [0.1, 0.15) is 11.5 Å². The number of anilines is 1. The summed E-state index contributed by atoms with van der Waals surface area (Å²) in [4.78, 5) is 26.7. The van der Waals surface area contributed by atoms with Crippen LogP contribution in [-0.4, -0.2) is 37.2 Å². The van der Waals surface area contributed by atoms with E-state index in [2.05, 4.69) is 0 Å². The van der Waals surface area contributed by atoms with Gasteiger partial charge in [-0.2, -0.15) is 0 Å². The molecule has 3 heterocycles. The molecule has 1 aromatic carbocycles. The zero-order valence-corrected chi connectivity index (χ0v) is 12.5. The zero-order valence-electron chi connectivity index (χ0n) is 12.5. The summed E-state index contributed by atoms with van der Waals surface area (Å²) in [5, 5.41) is 0. The molecule has 22 heavy (non-hydrogen) atoms. The highest BCUT2D eigenvalue weighted by Gasteiger charge is 2.67. The Morgan fingerprint density at radius 1 is 1.36 bits per heavy atom. The van der Waals surface area contributed by atoms with Gasteiger partial charge in [-0.1, -0.05) is 29.8 Å². The molecule has 1 spiro atoms. The predicted molar refractivity (Wildman–Crippen MR) is 79.3 cm³/mol. The van der Waals surface area contributed by atoms with E-state index < -0.39 is 17.4 Å². The third kappa shape index (κ3) is 1.63. The first-order chi connectivity index (χ1) is 10.6. The SMILES string of the molecule is COC(=O)[C@@H]1[C@H]2C=C[C@@]3(CN(c4ccc(C)cc4)C(=O)[C@@H]13)O2. The van der Waals surface area contributed by atoms with Gasteiger partial charge < -0.3 is 14.4 Å². The Hall–Kier alpha value is -2.14. The van der Waals surface area contributed by atoms with Gasteiger partial charge in [0.2, 0.25) is 5.91 Å². The van der Waals surface area contributed by atoms with E-state index in [-0.39, 0.29) is 18.0 Å². The minimum Gasteiger partial charge on any atom is -0.469 e. The van der Waals surface area contributed by atoms with E-state index in [0.29, 0.717) is 6.54 Å². The van der Waals surface area contributed by atoms with Crippen LogP contribution in [0, 0.1) is 18.8 Å². The summed E-state index contributed by atoms with van der Waals surface area (Å²) in [6, 6.07) is 7.79. The lowest BCUT2D eigenvalue weighted by Crippen LogP contribution is -2.39. The van der Waals surface area contributed by atoms with Crippen molar-refractivity contribution in [1.29, 1.82) is 0 Å². The first-order valence-electron chi connectivity index (χ1n) is 7.39. The summed E-state index contributed by atoms with van der Waals surface area (Å²) in [7, 11) is 1.35. The number of carbonyl (C=O) groups excluding carboxylic acids is 2. The average Bonchev–Trinajstić information content (AvgIpc) is 3.16. The highest BCUT2D eigenvalue weighted by Crippen LogP contribution is 2.52. The van der Waals surface area contributed by atoms with Gasteiger partial charge in [-0.05, 0) is 19.1 Å². The van der Waals surface area contributed by atoms with Crippen LogP contribution in [0.3, 0.4) is 0 Å². The van der Waals surface area contributed by atoms with Gasteiger partial charge in [0.25, 0.3) is 0 Å². The van der Waals surface area contributed by atoms with Crippen LogP contribution in [-0.2, 0) is 19.1 Å². The Morgan fingerprint density at radius 2 is 2.09 bits per heavy atom. The molecular weight excluding hydrogens is 282 g/mol. The van der Waals surface area contributed by atoms with E-state index in [4.69, 9.17) is 9.47 Å². The molecule has 0 aromatic heterocycles. The van der Waals surface area contributed by atoms with Crippen LogP contribution >= 0.6 is 0 Å². The molecule has 3 aliphatic rings. The highest BCUT2D eigenvalue weighted by atomic mass is 16.5. The molecule has 1 aromatic rings. The van der Waals surface area contributed by atoms with Gasteiger partial charge >= 0.3 is 5.97 Å². The van der Waals surface area contributed by atoms with Crippen molar-refractivity contribution in [2.24, 2.45) is 11.8 Å². The number of nitrogens with zero attached hydrogens (tertiary/aromatic N) is 1. The number of carbonyl (C=O) groups is 2. The number of benzene rings is 1. The highest BCUT2D eigenvalue weighted by molar-refractivity contribution is 6.02. The van der Waals surface area contributed by atoms with Crippen molar-refractivity contribution >= 4 is 17.6 Å². The fraction of sp³-hybridized carbons (Fsp3) is 0.412. The summed E-state index contributed by atoms with van der Waals surface area (Å²) >= 11 is 0. The maximum atomic E-state index is 12.9. The number of rotatable bonds is 2. The summed E-state index contributed by atoms with van der Waals surface area (Å²) in [6.07, 6.45) is 3.47. The molecule has 3 aliphatic heterocycles. The van der Waals surface area contributed by atoms with E-state index >= 15 is 0 Å². The molecule has 2 saturated heterocycles. The molecule has 1 amide bonds. The van der Waals surface area contributed by atoms with Crippen molar-refractivity contribution < 1.29 is 19.1 Å². The lowest BCUT2D eigenvalue weighted by Gasteiger charge is -2.22. The van der Waals surface area contributed by atoms with E-state index in [0.717, 1.165) is 11.3 Å². The van der Waals surface area contributed by atoms with E-state index in [1.54, 1.807) is 4.90 Å². The Balaban J connectivity index is 1.71. The van der Waals surface area contributed by atoms with Crippen molar-refractivity contribution in [1.82, 2.24) is 0 Å². The van der Waals surface area contributed by atoms with Crippen LogP contribution < -0.4 is 4.90 Å². The number of ether oxygens (including phenoxy) is 2. The largest absolute Gasteiger partial charge is 0.469 e. The second-order valence-corrected chi connectivity index (χ2v) is 6.18. The molecular formula is C17H17NO4. The number of esters is 1. The maximum Gasteiger partial charge on any atom is 0.312 e. The minimum atomic E-state index is -0.689. The Kier molecular flexibility index (Phi) is 2.72. The number of fused-ring (bicyclic) bond motifs is 1. The molecule has 5 nitrogen and oxygen atoms in total. The third-order valence-corrected chi connectivity index (χ3v) is 4.92. The van der Waals surface area contributed by atoms with Crippen molar-refractivity contribution in [2.45, 2.75) is 18.6 Å². The van der Waals surface area contributed by atoms with Crippen LogP contribution in [0.2, 0.25) is 0 Å². The van der Waals surface area contributed by atoms with Crippen molar-refractivity contribution in [3.05, 3.63) is 42.0 Å². The number of hydrogen-bond acceptors (Lipinski definition) is 4. The molecule has 2 fully saturated rings. The smallest absolute Gasteiger partial charge is 0.312 e. The Bertz CT molecular complexity index is 680. The van der Waals surface area contributed by atoms with E-state index in [9.17, 15) is 9.59 Å². The standard InChI is InChI=1S/C17H17NO4/c1-10-3-5-11(6-4-10)18-9-17-8-7-12(22-17)13(16(20)21-2)14(17)15(18)19/h3-8,12-14H,9H2,1-2H3/t12-,13-,14-,17+/m1/s1. The van der Waals surface area contributed by atoms with Gasteiger partial charge in [0.05, 0.1) is 25.7 Å². The number of methoxy groups -OCH3 is 1. The molecule has 114 valence electrons. The Labute approximate surface area is 128 Å². The molecule has 4 rings (SSSR count). The molecule has 0 aliphatic carbocycles. The van der Waals surface area contributed by atoms with Crippen LogP contribution in [0.4, 0.5) is 5.69 Å². The van der Waals surface area contributed by atoms with Crippen molar-refractivity contribution in [2.75, 3.05) is 18.6 Å². The van der Waals surface area contributed by atoms with E-state index in [1.165, 1.54) is 7.11 Å². The van der Waals surface area contributed by atoms with Gasteiger partial charge in [-0.15, -0.1) is 0 Å². The second-order valence-electron chi connectivity index (χ2n) is 6.18. The topological polar surface area (TPSA) is 55.8 Å². The van der Waals surface area contributed by atoms with Gasteiger partial charge in [-0.3, -0.25) is 9.59 Å². The first-order valence-corrected chi connectivity index (χ1v) is 7.39. The quantitative estimate of drug-likeness (QED) is 0.613. The maximum absolute atomic E-state index is 12.9. The van der Waals surface area contributed by atoms with Gasteiger partial charge in [0.15, 0.2) is 0 Å². The van der Waals surface area contributed by atoms with Crippen LogP contribution in [0.25, 0.3) is 0 Å². The number of hydrogen-bond donors (Lipinski definition) is 0. The molecule has 0 radical (unpaired) electrons. The molecule has 2 bridgehead atoms. The molecule has 4 atom stereocenters. The van der Waals surface area contributed by atoms with E-state index in [1.807, 2.05) is 43.3 Å². The summed E-state index contributed by atoms with van der Waals surface area (Å²) in [5.74, 6) is -1.47. The molecule has 5 heteroatoms. The fourth-order valence-electron chi connectivity index (χ4n) is 3.85. The third-order valence-electron chi connectivity index (χ3n) is 4.92. The normalized spacial score (nSPS) is 35.1. The number of amides is 1. The monoisotopic (exact) mass is 299 g/mol. The number of aryl methyl sites for hydroxylation is 1. The zero-order chi connectivity index (χ0) is 15.5. The summed E-state index contributed by atoms with van der Waals surface area (Å²) < 4.78 is 10.9. The van der Waals surface area contributed by atoms with Crippen LogP contribution in [0.15, 0.2) is 36.4 Å². The van der Waals surface area contributed by atoms with Crippen molar-refractivity contribution in [3.8, 4) is 0 Å². The Morgan fingerprint density at radius 3 is 2.77 bits per heavy atom. The van der Waals surface area contributed by atoms with Gasteiger partial charge in [0, 0.05) is 5.69 Å². The van der Waals surface area contributed by atoms with Crippen LogP contribution in [0.1, 0.15) is 5.56 Å². The molecule has 0 N–H and O–H groups in total. The lowest BCUT2D eigenvalue weighted by atomic mass is 9.77. The van der Waals surface area contributed by atoms with Crippen molar-refractivity contribution in [3.63, 3.8) is 0 Å². The van der Waals surface area contributed by atoms with Gasteiger partial charge in [-0.25, -0.2) is 0 Å². The first kappa shape index (κ1) is 13.5. The summed E-state index contributed by atoms with van der Waals surface area (Å²) in [5.41, 5.74) is 1.28. The minimum absolute atomic E-state index is 0.0638. The molecule has 0 saturated carbocycles.